The zero-order valence-corrected chi connectivity index (χ0v) is 16.4. The zero-order valence-electron chi connectivity index (χ0n) is 16.4. The van der Waals surface area contributed by atoms with Crippen molar-refractivity contribution in [2.45, 2.75) is 0 Å². The number of fused-ring (bicyclic) bond motifs is 3. The molecule has 0 aliphatic carbocycles. The normalized spacial score (nSPS) is 10.7. The summed E-state index contributed by atoms with van der Waals surface area (Å²) in [5, 5.41) is 4.65. The molecule has 0 aliphatic heterocycles. The Morgan fingerprint density at radius 2 is 1.73 bits per heavy atom. The number of anilines is 1. The Bertz CT molecular complexity index is 1240. The molecule has 7 nitrogen and oxygen atoms in total. The van der Waals surface area contributed by atoms with Crippen LogP contribution >= 0.6 is 0 Å². The van der Waals surface area contributed by atoms with Crippen molar-refractivity contribution < 1.29 is 28.2 Å². The number of hydrogen-bond donors (Lipinski definition) is 1. The molecule has 1 amide bonds. The first kappa shape index (κ1) is 19.3. The predicted octanol–water partition coefficient (Wildman–Crippen LogP) is 4.43. The van der Waals surface area contributed by atoms with Crippen LogP contribution in [0.1, 0.15) is 10.4 Å². The summed E-state index contributed by atoms with van der Waals surface area (Å²) in [5.41, 5.74) is 2.32. The van der Waals surface area contributed by atoms with Crippen LogP contribution < -0.4 is 19.5 Å². The number of benzene rings is 3. The lowest BCUT2D eigenvalue weighted by atomic mass is 10.1. The number of nitrogens with one attached hydrogen (secondary N) is 1. The zero-order chi connectivity index (χ0) is 21.1. The van der Waals surface area contributed by atoms with E-state index in [-0.39, 0.29) is 12.5 Å². The summed E-state index contributed by atoms with van der Waals surface area (Å²) in [4.78, 5) is 23.4. The summed E-state index contributed by atoms with van der Waals surface area (Å²) < 4.78 is 22.1. The third kappa shape index (κ3) is 3.65. The molecule has 0 unspecified atom stereocenters. The molecule has 4 rings (SSSR count). The number of carbonyl (C=O) groups excluding carboxylic acids is 2. The van der Waals surface area contributed by atoms with E-state index in [0.717, 1.165) is 16.4 Å². The first-order chi connectivity index (χ1) is 14.6. The van der Waals surface area contributed by atoms with Crippen molar-refractivity contribution in [3.8, 4) is 17.2 Å². The van der Waals surface area contributed by atoms with Gasteiger partial charge in [0.05, 0.1) is 19.9 Å². The molecular weight excluding hydrogens is 386 g/mol. The van der Waals surface area contributed by atoms with Crippen LogP contribution in [0, 0.1) is 0 Å². The molecule has 0 aliphatic rings. The summed E-state index contributed by atoms with van der Waals surface area (Å²) in [6.07, 6.45) is 0.708. The minimum atomic E-state index is -0.384. The van der Waals surface area contributed by atoms with E-state index >= 15 is 0 Å². The maximum atomic E-state index is 12.5. The summed E-state index contributed by atoms with van der Waals surface area (Å²) in [7, 11) is 3.00. The molecule has 0 spiro atoms. The molecule has 0 bridgehead atoms. The Labute approximate surface area is 172 Å². The van der Waals surface area contributed by atoms with Crippen LogP contribution in [0.4, 0.5) is 5.69 Å². The number of para-hydroxylation sites is 1. The van der Waals surface area contributed by atoms with Crippen molar-refractivity contribution in [2.75, 3.05) is 26.1 Å². The molecule has 4 aromatic rings. The lowest BCUT2D eigenvalue weighted by Gasteiger charge is -2.13. The van der Waals surface area contributed by atoms with Crippen molar-refractivity contribution in [1.29, 1.82) is 0 Å². The van der Waals surface area contributed by atoms with Crippen molar-refractivity contribution in [2.24, 2.45) is 0 Å². The highest BCUT2D eigenvalue weighted by atomic mass is 16.5. The quantitative estimate of drug-likeness (QED) is 0.458. The van der Waals surface area contributed by atoms with Crippen LogP contribution in [0.5, 0.6) is 17.2 Å². The van der Waals surface area contributed by atoms with Gasteiger partial charge in [-0.2, -0.15) is 0 Å². The third-order valence-electron chi connectivity index (χ3n) is 4.66. The molecule has 0 fully saturated rings. The molecule has 0 atom stereocenters. The Morgan fingerprint density at radius 3 is 2.50 bits per heavy atom. The van der Waals surface area contributed by atoms with Crippen LogP contribution in [0.3, 0.4) is 0 Å². The van der Waals surface area contributed by atoms with Gasteiger partial charge < -0.3 is 23.9 Å². The maximum Gasteiger partial charge on any atom is 0.262 e. The van der Waals surface area contributed by atoms with E-state index in [1.54, 1.807) is 24.3 Å². The number of ether oxygens (including phenoxy) is 3. The highest BCUT2D eigenvalue weighted by Gasteiger charge is 2.15. The molecule has 7 heteroatoms. The Balaban J connectivity index is 1.54. The van der Waals surface area contributed by atoms with Crippen molar-refractivity contribution in [1.82, 2.24) is 0 Å². The van der Waals surface area contributed by atoms with Gasteiger partial charge in [-0.05, 0) is 30.3 Å². The molecule has 3 aromatic carbocycles. The minimum absolute atomic E-state index is 0.252. The molecule has 152 valence electrons. The van der Waals surface area contributed by atoms with Gasteiger partial charge in [0.15, 0.2) is 18.1 Å². The number of hydrogen-bond acceptors (Lipinski definition) is 6. The van der Waals surface area contributed by atoms with Gasteiger partial charge in [-0.25, -0.2) is 0 Å². The number of amides is 1. The number of rotatable bonds is 7. The monoisotopic (exact) mass is 405 g/mol. The van der Waals surface area contributed by atoms with E-state index in [1.165, 1.54) is 14.2 Å². The second-order valence-corrected chi connectivity index (χ2v) is 6.51. The van der Waals surface area contributed by atoms with E-state index < -0.39 is 0 Å². The molecule has 1 aromatic heterocycles. The van der Waals surface area contributed by atoms with Gasteiger partial charge in [0.2, 0.25) is 0 Å². The number of carbonyl (C=O) groups is 2. The van der Waals surface area contributed by atoms with Crippen molar-refractivity contribution in [3.05, 3.63) is 60.2 Å². The lowest BCUT2D eigenvalue weighted by molar-refractivity contribution is -0.118. The van der Waals surface area contributed by atoms with E-state index in [0.29, 0.717) is 40.4 Å². The van der Waals surface area contributed by atoms with Crippen LogP contribution in [0.25, 0.3) is 21.9 Å². The Hall–Kier alpha value is -4.00. The van der Waals surface area contributed by atoms with Crippen LogP contribution in [-0.2, 0) is 4.79 Å². The van der Waals surface area contributed by atoms with Crippen molar-refractivity contribution in [3.63, 3.8) is 0 Å². The van der Waals surface area contributed by atoms with Gasteiger partial charge >= 0.3 is 0 Å². The average molecular weight is 405 g/mol. The van der Waals surface area contributed by atoms with Gasteiger partial charge in [-0.1, -0.05) is 18.2 Å². The summed E-state index contributed by atoms with van der Waals surface area (Å²) in [6, 6.07) is 16.0. The van der Waals surface area contributed by atoms with Crippen molar-refractivity contribution >= 4 is 39.8 Å². The summed E-state index contributed by atoms with van der Waals surface area (Å²) >= 11 is 0. The van der Waals surface area contributed by atoms with E-state index in [9.17, 15) is 9.59 Å². The smallest absolute Gasteiger partial charge is 0.262 e. The number of methoxy groups -OCH3 is 2. The van der Waals surface area contributed by atoms with E-state index in [1.807, 2.05) is 30.3 Å². The fraction of sp³-hybridized carbons (Fsp3) is 0.130. The SMILES string of the molecule is COc1cc2c(cc1NC(=O)COc1ccc(C=O)cc1OC)oc1ccccc12. The standard InChI is InChI=1S/C23H19NO6/c1-27-21-10-16-15-5-3-4-6-18(15)30-20(16)11-17(21)24-23(26)13-29-19-8-7-14(12-25)9-22(19)28-2/h3-12H,13H2,1-2H3,(H,24,26). The highest BCUT2D eigenvalue weighted by Crippen LogP contribution is 2.36. The second kappa shape index (κ2) is 8.16. The molecular formula is C23H19NO6. The minimum Gasteiger partial charge on any atom is -0.495 e. The first-order valence-electron chi connectivity index (χ1n) is 9.18. The van der Waals surface area contributed by atoms with Gasteiger partial charge in [-0.15, -0.1) is 0 Å². The molecule has 1 N–H and O–H groups in total. The lowest BCUT2D eigenvalue weighted by Crippen LogP contribution is -2.20. The molecule has 1 heterocycles. The van der Waals surface area contributed by atoms with Gasteiger partial charge in [0, 0.05) is 22.4 Å². The summed E-state index contributed by atoms with van der Waals surface area (Å²) in [5.74, 6) is 0.854. The molecule has 30 heavy (non-hydrogen) atoms. The molecule has 0 saturated carbocycles. The topological polar surface area (TPSA) is 87.0 Å². The highest BCUT2D eigenvalue weighted by molar-refractivity contribution is 6.07. The van der Waals surface area contributed by atoms with Crippen LogP contribution in [-0.4, -0.2) is 33.0 Å². The second-order valence-electron chi connectivity index (χ2n) is 6.51. The van der Waals surface area contributed by atoms with Crippen LogP contribution in [0.2, 0.25) is 0 Å². The van der Waals surface area contributed by atoms with E-state index in [2.05, 4.69) is 5.32 Å². The van der Waals surface area contributed by atoms with E-state index in [4.69, 9.17) is 18.6 Å². The predicted molar refractivity (Wildman–Crippen MR) is 113 cm³/mol. The first-order valence-corrected chi connectivity index (χ1v) is 9.18. The van der Waals surface area contributed by atoms with Gasteiger partial charge in [0.1, 0.15) is 23.2 Å². The molecule has 0 saturated heterocycles. The Kier molecular flexibility index (Phi) is 5.26. The maximum absolute atomic E-state index is 12.5. The fourth-order valence-electron chi connectivity index (χ4n) is 3.22. The van der Waals surface area contributed by atoms with Gasteiger partial charge in [0.25, 0.3) is 5.91 Å². The largest absolute Gasteiger partial charge is 0.495 e. The average Bonchev–Trinajstić information content (AvgIpc) is 3.14. The number of furan rings is 1. The van der Waals surface area contributed by atoms with Crippen LogP contribution in [0.15, 0.2) is 59.0 Å². The molecule has 0 radical (unpaired) electrons. The van der Waals surface area contributed by atoms with Gasteiger partial charge in [-0.3, -0.25) is 9.59 Å². The Morgan fingerprint density at radius 1 is 0.933 bits per heavy atom. The number of aldehydes is 1. The fourth-order valence-corrected chi connectivity index (χ4v) is 3.22. The third-order valence-corrected chi connectivity index (χ3v) is 4.66. The summed E-state index contributed by atoms with van der Waals surface area (Å²) in [6.45, 7) is -0.252.